The zero-order valence-electron chi connectivity index (χ0n) is 18.6. The van der Waals surface area contributed by atoms with Crippen LogP contribution in [-0.4, -0.2) is 18.8 Å². The maximum Gasteiger partial charge on any atom is 0.248 e. The summed E-state index contributed by atoms with van der Waals surface area (Å²) >= 11 is 7.68. The third kappa shape index (κ3) is 5.27. The number of anilines is 1. The molecule has 1 N–H and O–H groups in total. The van der Waals surface area contributed by atoms with E-state index in [0.29, 0.717) is 17.4 Å². The number of fused-ring (bicyclic) bond motifs is 1. The lowest BCUT2D eigenvalue weighted by atomic mass is 9.99. The summed E-state index contributed by atoms with van der Waals surface area (Å²) in [6.45, 7) is 4.34. The van der Waals surface area contributed by atoms with Crippen molar-refractivity contribution in [1.29, 1.82) is 0 Å². The van der Waals surface area contributed by atoms with Crippen molar-refractivity contribution < 1.29 is 13.9 Å². The number of ether oxygens (including phenoxy) is 1. The van der Waals surface area contributed by atoms with Crippen LogP contribution in [0.1, 0.15) is 19.4 Å². The molecule has 0 aliphatic carbocycles. The van der Waals surface area contributed by atoms with Gasteiger partial charge in [0, 0.05) is 44.3 Å². The molecule has 0 unspecified atom stereocenters. The Morgan fingerprint density at radius 3 is 2.67 bits per heavy atom. The van der Waals surface area contributed by atoms with Crippen molar-refractivity contribution in [2.75, 3.05) is 18.2 Å². The van der Waals surface area contributed by atoms with E-state index >= 15 is 0 Å². The molecule has 1 heterocycles. The van der Waals surface area contributed by atoms with Crippen LogP contribution in [0.2, 0.25) is 5.02 Å². The minimum absolute atomic E-state index is 0.196. The number of rotatable bonds is 7. The topological polar surface area (TPSA) is 51.5 Å². The highest BCUT2D eigenvalue weighted by atomic mass is 35.5. The Kier molecular flexibility index (Phi) is 7.11. The van der Waals surface area contributed by atoms with Gasteiger partial charge >= 0.3 is 0 Å². The standard InChI is InChI=1S/C27H24ClNO3S/c1-4-31-25-15-26-23(24(16-32-26)18-8-10-19(28)11-9-18)14-22(25)17(2)12-27(30)29-20-6-5-7-21(13-20)33-3/h5-16H,4H2,1-3H3,(H,29,30)/b17-12+. The first kappa shape index (κ1) is 23.0. The van der Waals surface area contributed by atoms with Gasteiger partial charge in [0.15, 0.2) is 0 Å². The molecular weight excluding hydrogens is 454 g/mol. The molecule has 0 saturated carbocycles. The summed E-state index contributed by atoms with van der Waals surface area (Å²) < 4.78 is 11.7. The van der Waals surface area contributed by atoms with Crippen LogP contribution in [0.5, 0.6) is 5.75 Å². The van der Waals surface area contributed by atoms with E-state index in [2.05, 4.69) is 5.32 Å². The highest BCUT2D eigenvalue weighted by molar-refractivity contribution is 7.98. The highest BCUT2D eigenvalue weighted by Crippen LogP contribution is 2.37. The van der Waals surface area contributed by atoms with Gasteiger partial charge in [-0.3, -0.25) is 4.79 Å². The second-order valence-corrected chi connectivity index (χ2v) is 8.80. The largest absolute Gasteiger partial charge is 0.493 e. The Hall–Kier alpha value is -3.15. The Bertz CT molecular complexity index is 1330. The molecule has 4 nitrogen and oxygen atoms in total. The second-order valence-electron chi connectivity index (χ2n) is 7.48. The Morgan fingerprint density at radius 1 is 1.15 bits per heavy atom. The number of benzene rings is 3. The zero-order valence-corrected chi connectivity index (χ0v) is 20.2. The van der Waals surface area contributed by atoms with E-state index < -0.39 is 0 Å². The van der Waals surface area contributed by atoms with E-state index in [-0.39, 0.29) is 5.91 Å². The zero-order chi connectivity index (χ0) is 23.4. The number of amides is 1. The lowest BCUT2D eigenvalue weighted by molar-refractivity contribution is -0.111. The summed E-state index contributed by atoms with van der Waals surface area (Å²) in [4.78, 5) is 13.8. The first-order valence-corrected chi connectivity index (χ1v) is 12.2. The molecular formula is C27H24ClNO3S. The Morgan fingerprint density at radius 2 is 1.94 bits per heavy atom. The van der Waals surface area contributed by atoms with Crippen LogP contribution in [0, 0.1) is 0 Å². The monoisotopic (exact) mass is 477 g/mol. The van der Waals surface area contributed by atoms with E-state index in [4.69, 9.17) is 20.8 Å². The summed E-state index contributed by atoms with van der Waals surface area (Å²) in [6, 6.07) is 19.3. The van der Waals surface area contributed by atoms with Gasteiger partial charge in [-0.1, -0.05) is 29.8 Å². The number of allylic oxidation sites excluding steroid dienone is 1. The molecule has 33 heavy (non-hydrogen) atoms. The fraction of sp³-hybridized carbons (Fsp3) is 0.148. The predicted octanol–water partition coefficient (Wildman–Crippen LogP) is 7.92. The number of furan rings is 1. The molecule has 4 rings (SSSR count). The van der Waals surface area contributed by atoms with Crippen LogP contribution < -0.4 is 10.1 Å². The summed E-state index contributed by atoms with van der Waals surface area (Å²) in [7, 11) is 0. The summed E-state index contributed by atoms with van der Waals surface area (Å²) in [5.41, 5.74) is 5.07. The van der Waals surface area contributed by atoms with Crippen LogP contribution in [0.25, 0.3) is 27.7 Å². The molecule has 0 bridgehead atoms. The molecule has 0 radical (unpaired) electrons. The summed E-state index contributed by atoms with van der Waals surface area (Å²) in [5.74, 6) is 0.478. The van der Waals surface area contributed by atoms with Gasteiger partial charge in [-0.05, 0) is 67.6 Å². The predicted molar refractivity (Wildman–Crippen MR) is 138 cm³/mol. The van der Waals surface area contributed by atoms with E-state index in [1.807, 2.05) is 80.8 Å². The van der Waals surface area contributed by atoms with Crippen molar-refractivity contribution in [3.63, 3.8) is 0 Å². The van der Waals surface area contributed by atoms with Gasteiger partial charge in [-0.15, -0.1) is 11.8 Å². The van der Waals surface area contributed by atoms with E-state index in [9.17, 15) is 4.79 Å². The fourth-order valence-corrected chi connectivity index (χ4v) is 4.23. The van der Waals surface area contributed by atoms with Gasteiger partial charge in [-0.2, -0.15) is 0 Å². The van der Waals surface area contributed by atoms with Gasteiger partial charge in [-0.25, -0.2) is 0 Å². The number of carbonyl (C=O) groups excluding carboxylic acids is 1. The van der Waals surface area contributed by atoms with E-state index in [0.717, 1.165) is 43.8 Å². The van der Waals surface area contributed by atoms with Crippen molar-refractivity contribution in [3.8, 4) is 16.9 Å². The average Bonchev–Trinajstić information content (AvgIpc) is 3.22. The van der Waals surface area contributed by atoms with Gasteiger partial charge in [0.25, 0.3) is 0 Å². The fourth-order valence-electron chi connectivity index (χ4n) is 3.64. The molecule has 0 saturated heterocycles. The first-order chi connectivity index (χ1) is 16.0. The van der Waals surface area contributed by atoms with Gasteiger partial charge in [0.05, 0.1) is 12.9 Å². The SMILES string of the molecule is CCOc1cc2occ(-c3ccc(Cl)cc3)c2cc1/C(C)=C/C(=O)Nc1cccc(SC)c1. The van der Waals surface area contributed by atoms with E-state index in [1.165, 1.54) is 0 Å². The Labute approximate surface area is 202 Å². The number of hydrogen-bond donors (Lipinski definition) is 1. The molecule has 1 aromatic heterocycles. The number of nitrogens with one attached hydrogen (secondary N) is 1. The third-order valence-corrected chi connectivity index (χ3v) is 6.22. The highest BCUT2D eigenvalue weighted by Gasteiger charge is 2.15. The lowest BCUT2D eigenvalue weighted by Gasteiger charge is -2.12. The van der Waals surface area contributed by atoms with Crippen molar-refractivity contribution in [1.82, 2.24) is 0 Å². The number of halogens is 1. The van der Waals surface area contributed by atoms with Gasteiger partial charge in [0.1, 0.15) is 11.3 Å². The molecule has 0 spiro atoms. The molecule has 0 atom stereocenters. The van der Waals surface area contributed by atoms with Crippen molar-refractivity contribution in [3.05, 3.63) is 83.6 Å². The maximum absolute atomic E-state index is 12.7. The van der Waals surface area contributed by atoms with Crippen molar-refractivity contribution in [2.45, 2.75) is 18.7 Å². The van der Waals surface area contributed by atoms with Crippen LogP contribution in [0.3, 0.4) is 0 Å². The lowest BCUT2D eigenvalue weighted by Crippen LogP contribution is -2.08. The smallest absolute Gasteiger partial charge is 0.248 e. The average molecular weight is 478 g/mol. The van der Waals surface area contributed by atoms with Gasteiger partial charge < -0.3 is 14.5 Å². The molecule has 0 fully saturated rings. The summed E-state index contributed by atoms with van der Waals surface area (Å²) in [6.07, 6.45) is 5.33. The van der Waals surface area contributed by atoms with E-state index in [1.54, 1.807) is 24.1 Å². The number of hydrogen-bond acceptors (Lipinski definition) is 4. The van der Waals surface area contributed by atoms with Crippen molar-refractivity contribution >= 4 is 51.5 Å². The molecule has 168 valence electrons. The van der Waals surface area contributed by atoms with Crippen LogP contribution in [0.4, 0.5) is 5.69 Å². The molecule has 0 aliphatic rings. The quantitative estimate of drug-likeness (QED) is 0.217. The van der Waals surface area contributed by atoms with Crippen LogP contribution in [0.15, 0.2) is 82.3 Å². The van der Waals surface area contributed by atoms with Gasteiger partial charge in [0.2, 0.25) is 5.91 Å². The minimum Gasteiger partial charge on any atom is -0.493 e. The maximum atomic E-state index is 12.7. The second kappa shape index (κ2) is 10.2. The normalized spacial score (nSPS) is 11.6. The molecule has 4 aromatic rings. The van der Waals surface area contributed by atoms with Crippen LogP contribution >= 0.6 is 23.4 Å². The minimum atomic E-state index is -0.196. The molecule has 3 aromatic carbocycles. The van der Waals surface area contributed by atoms with Crippen molar-refractivity contribution in [2.24, 2.45) is 0 Å². The Balaban J connectivity index is 1.70. The number of thioether (sulfide) groups is 1. The molecule has 1 amide bonds. The molecule has 0 aliphatic heterocycles. The summed E-state index contributed by atoms with van der Waals surface area (Å²) in [5, 5.41) is 4.56. The third-order valence-electron chi connectivity index (χ3n) is 5.24. The first-order valence-electron chi connectivity index (χ1n) is 10.6. The number of carbonyl (C=O) groups is 1. The van der Waals surface area contributed by atoms with Crippen LogP contribution in [-0.2, 0) is 4.79 Å². The molecule has 6 heteroatoms.